The Balaban J connectivity index is 0.000000810. The maximum atomic E-state index is 3.43. The minimum Gasteiger partial charge on any atom is -0.311 e. The third-order valence-corrected chi connectivity index (χ3v) is 1.77. The van der Waals surface area contributed by atoms with Crippen LogP contribution in [0.5, 0.6) is 0 Å². The van der Waals surface area contributed by atoms with Crippen LogP contribution in [0, 0.1) is 0 Å². The van der Waals surface area contributed by atoms with E-state index in [1.807, 2.05) is 0 Å². The minimum absolute atomic E-state index is 0. The maximum absolute atomic E-state index is 3.43. The van der Waals surface area contributed by atoms with Crippen LogP contribution in [0.3, 0.4) is 0 Å². The van der Waals surface area contributed by atoms with Gasteiger partial charge in [-0.3, -0.25) is 0 Å². The van der Waals surface area contributed by atoms with Crippen molar-refractivity contribution in [3.63, 3.8) is 0 Å². The van der Waals surface area contributed by atoms with Gasteiger partial charge in [-0.15, -0.1) is 12.4 Å². The number of piperidine rings is 1. The Morgan fingerprint density at radius 1 is 1.40 bits per heavy atom. The molecule has 60 valence electrons. The molecule has 0 bridgehead atoms. The molecule has 0 aromatic carbocycles. The Hall–Kier alpha value is -0.0100. The van der Waals surface area contributed by atoms with Crippen molar-refractivity contribution in [1.29, 1.82) is 0 Å². The van der Waals surface area contributed by atoms with Gasteiger partial charge in [0, 0.05) is 6.04 Å². The first kappa shape index (κ1) is 9.99. The van der Waals surface area contributed by atoms with E-state index in [4.69, 9.17) is 0 Å². The SMILES string of the molecule is C/C=C/[C@@H]1CCCCN1.Cl. The highest BCUT2D eigenvalue weighted by molar-refractivity contribution is 5.85. The molecular formula is C8H16ClN. The molecule has 0 unspecified atom stereocenters. The number of allylic oxidation sites excluding steroid dienone is 1. The zero-order valence-electron chi connectivity index (χ0n) is 6.47. The van der Waals surface area contributed by atoms with Crippen molar-refractivity contribution >= 4 is 12.4 Å². The molecular weight excluding hydrogens is 146 g/mol. The predicted octanol–water partition coefficient (Wildman–Crippen LogP) is 2.13. The van der Waals surface area contributed by atoms with E-state index in [2.05, 4.69) is 24.4 Å². The van der Waals surface area contributed by atoms with Crippen LogP contribution in [-0.4, -0.2) is 12.6 Å². The molecule has 1 fully saturated rings. The van der Waals surface area contributed by atoms with Crippen LogP contribution in [-0.2, 0) is 0 Å². The lowest BCUT2D eigenvalue weighted by atomic mass is 10.1. The third-order valence-electron chi connectivity index (χ3n) is 1.77. The second-order valence-electron chi connectivity index (χ2n) is 2.58. The molecule has 0 spiro atoms. The van der Waals surface area contributed by atoms with Crippen molar-refractivity contribution in [2.24, 2.45) is 0 Å². The molecule has 0 aliphatic carbocycles. The van der Waals surface area contributed by atoms with Crippen LogP contribution >= 0.6 is 12.4 Å². The predicted molar refractivity (Wildman–Crippen MR) is 47.7 cm³/mol. The summed E-state index contributed by atoms with van der Waals surface area (Å²) >= 11 is 0. The molecule has 0 radical (unpaired) electrons. The molecule has 10 heavy (non-hydrogen) atoms. The minimum atomic E-state index is 0. The van der Waals surface area contributed by atoms with Gasteiger partial charge in [-0.25, -0.2) is 0 Å². The van der Waals surface area contributed by atoms with E-state index in [-0.39, 0.29) is 12.4 Å². The van der Waals surface area contributed by atoms with E-state index in [9.17, 15) is 0 Å². The lowest BCUT2D eigenvalue weighted by Gasteiger charge is -2.19. The Morgan fingerprint density at radius 2 is 2.20 bits per heavy atom. The largest absolute Gasteiger partial charge is 0.311 e. The first-order valence-corrected chi connectivity index (χ1v) is 3.79. The van der Waals surface area contributed by atoms with Gasteiger partial charge in [0.2, 0.25) is 0 Å². The summed E-state index contributed by atoms with van der Waals surface area (Å²) in [6.07, 6.45) is 8.45. The lowest BCUT2D eigenvalue weighted by Crippen LogP contribution is -2.31. The summed E-state index contributed by atoms with van der Waals surface area (Å²) in [4.78, 5) is 0. The summed E-state index contributed by atoms with van der Waals surface area (Å²) < 4.78 is 0. The van der Waals surface area contributed by atoms with Crippen LogP contribution in [0.25, 0.3) is 0 Å². The summed E-state index contributed by atoms with van der Waals surface area (Å²) in [6.45, 7) is 3.28. The van der Waals surface area contributed by atoms with Crippen LogP contribution in [0.2, 0.25) is 0 Å². The van der Waals surface area contributed by atoms with Gasteiger partial charge in [0.25, 0.3) is 0 Å². The van der Waals surface area contributed by atoms with E-state index < -0.39 is 0 Å². The summed E-state index contributed by atoms with van der Waals surface area (Å²) in [5, 5.41) is 3.43. The average molecular weight is 162 g/mol. The summed E-state index contributed by atoms with van der Waals surface area (Å²) in [7, 11) is 0. The highest BCUT2D eigenvalue weighted by atomic mass is 35.5. The molecule has 1 heterocycles. The summed E-state index contributed by atoms with van der Waals surface area (Å²) in [5.41, 5.74) is 0. The van der Waals surface area contributed by atoms with Gasteiger partial charge in [0.05, 0.1) is 0 Å². The van der Waals surface area contributed by atoms with E-state index >= 15 is 0 Å². The second-order valence-corrected chi connectivity index (χ2v) is 2.58. The van der Waals surface area contributed by atoms with Gasteiger partial charge in [-0.1, -0.05) is 18.6 Å². The molecule has 1 atom stereocenters. The number of rotatable bonds is 1. The molecule has 1 N–H and O–H groups in total. The number of nitrogens with one attached hydrogen (secondary N) is 1. The fourth-order valence-electron chi connectivity index (χ4n) is 1.28. The molecule has 0 aromatic heterocycles. The number of hydrogen-bond acceptors (Lipinski definition) is 1. The van der Waals surface area contributed by atoms with Gasteiger partial charge in [0.15, 0.2) is 0 Å². The zero-order valence-corrected chi connectivity index (χ0v) is 7.29. The van der Waals surface area contributed by atoms with Crippen LogP contribution in [0.4, 0.5) is 0 Å². The van der Waals surface area contributed by atoms with E-state index in [1.165, 1.54) is 25.8 Å². The molecule has 1 saturated heterocycles. The van der Waals surface area contributed by atoms with E-state index in [1.54, 1.807) is 0 Å². The molecule has 0 amide bonds. The molecule has 1 rings (SSSR count). The Bertz CT molecular complexity index is 95.4. The van der Waals surface area contributed by atoms with Gasteiger partial charge in [-0.2, -0.15) is 0 Å². The average Bonchev–Trinajstić information content (AvgIpc) is 1.91. The van der Waals surface area contributed by atoms with Crippen LogP contribution in [0.1, 0.15) is 26.2 Å². The molecule has 0 aromatic rings. The quantitative estimate of drug-likeness (QED) is 0.581. The van der Waals surface area contributed by atoms with Crippen molar-refractivity contribution < 1.29 is 0 Å². The van der Waals surface area contributed by atoms with Gasteiger partial charge in [-0.05, 0) is 26.3 Å². The van der Waals surface area contributed by atoms with Gasteiger partial charge < -0.3 is 5.32 Å². The molecule has 0 saturated carbocycles. The van der Waals surface area contributed by atoms with E-state index in [0.29, 0.717) is 6.04 Å². The highest BCUT2D eigenvalue weighted by Gasteiger charge is 2.06. The van der Waals surface area contributed by atoms with E-state index in [0.717, 1.165) is 0 Å². The van der Waals surface area contributed by atoms with Crippen molar-refractivity contribution in [3.8, 4) is 0 Å². The number of hydrogen-bond donors (Lipinski definition) is 1. The fourth-order valence-corrected chi connectivity index (χ4v) is 1.28. The zero-order chi connectivity index (χ0) is 6.53. The Labute approximate surface area is 69.3 Å². The molecule has 1 nitrogen and oxygen atoms in total. The Kier molecular flexibility index (Phi) is 5.74. The second kappa shape index (κ2) is 5.75. The van der Waals surface area contributed by atoms with Crippen LogP contribution in [0.15, 0.2) is 12.2 Å². The molecule has 1 aliphatic rings. The first-order chi connectivity index (χ1) is 4.43. The van der Waals surface area contributed by atoms with Crippen molar-refractivity contribution in [3.05, 3.63) is 12.2 Å². The standard InChI is InChI=1S/C8H15N.ClH/c1-2-5-8-6-3-4-7-9-8;/h2,5,8-9H,3-4,6-7H2,1H3;1H/b5-2+;/t8-;/m1./s1. The maximum Gasteiger partial charge on any atom is 0.0249 e. The monoisotopic (exact) mass is 161 g/mol. The molecule has 1 aliphatic heterocycles. The van der Waals surface area contributed by atoms with Gasteiger partial charge in [0.1, 0.15) is 0 Å². The molecule has 2 heteroatoms. The normalized spacial score (nSPS) is 26.3. The summed E-state index contributed by atoms with van der Waals surface area (Å²) in [6, 6.07) is 0.670. The Morgan fingerprint density at radius 3 is 2.70 bits per heavy atom. The highest BCUT2D eigenvalue weighted by Crippen LogP contribution is 2.07. The van der Waals surface area contributed by atoms with Crippen molar-refractivity contribution in [1.82, 2.24) is 5.32 Å². The van der Waals surface area contributed by atoms with Crippen LogP contribution < -0.4 is 5.32 Å². The number of halogens is 1. The third kappa shape index (κ3) is 3.23. The van der Waals surface area contributed by atoms with Gasteiger partial charge >= 0.3 is 0 Å². The lowest BCUT2D eigenvalue weighted by molar-refractivity contribution is 0.454. The topological polar surface area (TPSA) is 12.0 Å². The van der Waals surface area contributed by atoms with Crippen molar-refractivity contribution in [2.45, 2.75) is 32.2 Å². The smallest absolute Gasteiger partial charge is 0.0249 e. The van der Waals surface area contributed by atoms with Crippen molar-refractivity contribution in [2.75, 3.05) is 6.54 Å². The summed E-state index contributed by atoms with van der Waals surface area (Å²) in [5.74, 6) is 0. The first-order valence-electron chi connectivity index (χ1n) is 3.79. The fraction of sp³-hybridized carbons (Fsp3) is 0.750.